The van der Waals surface area contributed by atoms with Crippen molar-refractivity contribution in [1.29, 1.82) is 0 Å². The lowest BCUT2D eigenvalue weighted by atomic mass is 9.74. The SMILES string of the molecule is COB(OO[Si])c1ccc(C(C)(C)C)cc1C. The fraction of sp³-hybridized carbons (Fsp3) is 0.500. The summed E-state index contributed by atoms with van der Waals surface area (Å²) >= 11 is 0. The Morgan fingerprint density at radius 3 is 2.29 bits per heavy atom. The molecule has 0 saturated carbocycles. The summed E-state index contributed by atoms with van der Waals surface area (Å²) < 4.78 is 9.69. The fourth-order valence-electron chi connectivity index (χ4n) is 1.67. The van der Waals surface area contributed by atoms with Crippen LogP contribution in [0.3, 0.4) is 0 Å². The summed E-state index contributed by atoms with van der Waals surface area (Å²) in [5.74, 6) is 0. The molecule has 5 heteroatoms. The molecule has 0 fully saturated rings. The Morgan fingerprint density at radius 2 is 1.88 bits per heavy atom. The van der Waals surface area contributed by atoms with E-state index in [9.17, 15) is 0 Å². The molecule has 0 aliphatic heterocycles. The third-order valence-electron chi connectivity index (χ3n) is 2.74. The van der Waals surface area contributed by atoms with E-state index in [1.54, 1.807) is 7.11 Å². The molecule has 1 aromatic rings. The van der Waals surface area contributed by atoms with E-state index in [4.69, 9.17) is 9.46 Å². The van der Waals surface area contributed by atoms with E-state index in [2.05, 4.69) is 48.0 Å². The zero-order chi connectivity index (χ0) is 13.1. The van der Waals surface area contributed by atoms with Gasteiger partial charge >= 0.3 is 7.12 Å². The van der Waals surface area contributed by atoms with Gasteiger partial charge in [0.15, 0.2) is 0 Å². The Balaban J connectivity index is 3.04. The standard InChI is InChI=1S/C12H18BO3Si/c1-9-8-10(12(2,3)4)6-7-11(9)13(14-5)15-16-17/h6-8H,1-5H3. The zero-order valence-corrected chi connectivity index (χ0v) is 12.0. The molecule has 0 aliphatic rings. The average Bonchev–Trinajstić information content (AvgIpc) is 2.25. The average molecular weight is 249 g/mol. The van der Waals surface area contributed by atoms with Crippen LogP contribution in [0.5, 0.6) is 0 Å². The van der Waals surface area contributed by atoms with Crippen LogP contribution in [0.25, 0.3) is 0 Å². The molecule has 0 aliphatic carbocycles. The number of hydrogen-bond acceptors (Lipinski definition) is 3. The number of hydrogen-bond donors (Lipinski definition) is 0. The highest BCUT2D eigenvalue weighted by atomic mass is 28.2. The molecule has 0 amide bonds. The lowest BCUT2D eigenvalue weighted by Crippen LogP contribution is -2.37. The second kappa shape index (κ2) is 5.82. The smallest absolute Gasteiger partial charge is 0.409 e. The molecule has 0 saturated heterocycles. The monoisotopic (exact) mass is 249 g/mol. The normalized spacial score (nSPS) is 11.6. The summed E-state index contributed by atoms with van der Waals surface area (Å²) in [6, 6.07) is 6.25. The summed E-state index contributed by atoms with van der Waals surface area (Å²) in [5.41, 5.74) is 3.50. The summed E-state index contributed by atoms with van der Waals surface area (Å²) in [6.45, 7) is 8.60. The molecule has 0 atom stereocenters. The van der Waals surface area contributed by atoms with Crippen LogP contribution < -0.4 is 5.46 Å². The van der Waals surface area contributed by atoms with E-state index in [0.29, 0.717) is 0 Å². The van der Waals surface area contributed by atoms with E-state index in [-0.39, 0.29) is 5.41 Å². The van der Waals surface area contributed by atoms with Crippen molar-refractivity contribution in [2.24, 2.45) is 0 Å². The van der Waals surface area contributed by atoms with Crippen molar-refractivity contribution in [3.8, 4) is 0 Å². The van der Waals surface area contributed by atoms with Crippen LogP contribution in [0.1, 0.15) is 31.9 Å². The van der Waals surface area contributed by atoms with Crippen molar-refractivity contribution in [3.05, 3.63) is 29.3 Å². The highest BCUT2D eigenvalue weighted by Crippen LogP contribution is 2.22. The van der Waals surface area contributed by atoms with Gasteiger partial charge in [-0.15, -0.1) is 0 Å². The second-order valence-corrected chi connectivity index (χ2v) is 5.24. The maximum atomic E-state index is 5.20. The summed E-state index contributed by atoms with van der Waals surface area (Å²) in [5, 5.41) is 0. The molecule has 1 aromatic carbocycles. The molecule has 91 valence electrons. The summed E-state index contributed by atoms with van der Waals surface area (Å²) in [4.78, 5) is 4.97. The van der Waals surface area contributed by atoms with Crippen LogP contribution in [0.4, 0.5) is 0 Å². The molecule has 0 bridgehead atoms. The topological polar surface area (TPSA) is 27.7 Å². The molecule has 1 rings (SSSR count). The molecule has 0 spiro atoms. The Morgan fingerprint density at radius 1 is 1.24 bits per heavy atom. The Bertz CT molecular complexity index is 377. The number of rotatable bonds is 4. The minimum absolute atomic E-state index is 0.137. The fourth-order valence-corrected chi connectivity index (χ4v) is 1.76. The van der Waals surface area contributed by atoms with Crippen molar-refractivity contribution < 1.29 is 14.0 Å². The third kappa shape index (κ3) is 3.67. The molecular weight excluding hydrogens is 231 g/mol. The van der Waals surface area contributed by atoms with Gasteiger partial charge in [-0.25, -0.2) is 0 Å². The molecule has 0 N–H and O–H groups in total. The highest BCUT2D eigenvalue weighted by Gasteiger charge is 2.24. The van der Waals surface area contributed by atoms with Crippen LogP contribution in [-0.2, 0) is 19.5 Å². The van der Waals surface area contributed by atoms with E-state index in [1.165, 1.54) is 5.56 Å². The van der Waals surface area contributed by atoms with E-state index in [1.807, 2.05) is 13.0 Å². The Labute approximate surface area is 107 Å². The minimum atomic E-state index is -0.526. The van der Waals surface area contributed by atoms with Gasteiger partial charge in [-0.3, -0.25) is 4.81 Å². The van der Waals surface area contributed by atoms with Gasteiger partial charge in [0.05, 0.1) is 0 Å². The summed E-state index contributed by atoms with van der Waals surface area (Å²) in [6.07, 6.45) is 0. The van der Waals surface area contributed by atoms with Gasteiger partial charge in [0, 0.05) is 7.11 Å². The quantitative estimate of drug-likeness (QED) is 0.461. The molecular formula is C12H18BO3Si. The number of benzene rings is 1. The Hall–Kier alpha value is -0.618. The zero-order valence-electron chi connectivity index (χ0n) is 11.0. The maximum Gasteiger partial charge on any atom is 0.523 e. The molecule has 0 heterocycles. The first-order chi connectivity index (χ1) is 7.90. The molecule has 3 nitrogen and oxygen atoms in total. The van der Waals surface area contributed by atoms with Gasteiger partial charge in [0.1, 0.15) is 0 Å². The van der Waals surface area contributed by atoms with Gasteiger partial charge in [0.2, 0.25) is 0 Å². The van der Waals surface area contributed by atoms with Crippen molar-refractivity contribution in [2.75, 3.05) is 7.11 Å². The van der Waals surface area contributed by atoms with Crippen LogP contribution >= 0.6 is 0 Å². The predicted octanol–water partition coefficient (Wildman–Crippen LogP) is 1.67. The van der Waals surface area contributed by atoms with Gasteiger partial charge in [-0.2, -0.15) is 0 Å². The second-order valence-electron chi connectivity index (χ2n) is 5.07. The first kappa shape index (κ1) is 14.4. The van der Waals surface area contributed by atoms with Crippen LogP contribution in [0.15, 0.2) is 18.2 Å². The van der Waals surface area contributed by atoms with E-state index in [0.717, 1.165) is 11.0 Å². The van der Waals surface area contributed by atoms with Gasteiger partial charge < -0.3 is 9.23 Å². The highest BCUT2D eigenvalue weighted by molar-refractivity contribution is 6.61. The molecule has 0 aromatic heterocycles. The van der Waals surface area contributed by atoms with Crippen molar-refractivity contribution >= 4 is 23.1 Å². The summed E-state index contributed by atoms with van der Waals surface area (Å²) in [7, 11) is 3.85. The first-order valence-electron chi connectivity index (χ1n) is 5.53. The predicted molar refractivity (Wildman–Crippen MR) is 70.2 cm³/mol. The van der Waals surface area contributed by atoms with Crippen LogP contribution in [0.2, 0.25) is 0 Å². The van der Waals surface area contributed by atoms with Gasteiger partial charge in [0.25, 0.3) is 10.5 Å². The van der Waals surface area contributed by atoms with Crippen molar-refractivity contribution in [1.82, 2.24) is 0 Å². The van der Waals surface area contributed by atoms with Crippen LogP contribution in [0, 0.1) is 6.92 Å². The van der Waals surface area contributed by atoms with E-state index >= 15 is 0 Å². The Kier molecular flexibility index (Phi) is 4.94. The molecule has 17 heavy (non-hydrogen) atoms. The van der Waals surface area contributed by atoms with Crippen molar-refractivity contribution in [2.45, 2.75) is 33.1 Å². The van der Waals surface area contributed by atoms with E-state index < -0.39 is 7.12 Å². The third-order valence-corrected chi connectivity index (χ3v) is 2.84. The maximum absolute atomic E-state index is 5.20. The van der Waals surface area contributed by atoms with Crippen molar-refractivity contribution in [3.63, 3.8) is 0 Å². The van der Waals surface area contributed by atoms with Gasteiger partial charge in [-0.1, -0.05) is 44.5 Å². The largest absolute Gasteiger partial charge is 0.523 e. The minimum Gasteiger partial charge on any atom is -0.409 e. The molecule has 3 radical (unpaired) electrons. The first-order valence-corrected chi connectivity index (χ1v) is 5.94. The van der Waals surface area contributed by atoms with Crippen LogP contribution in [-0.4, -0.2) is 24.7 Å². The lowest BCUT2D eigenvalue weighted by Gasteiger charge is -2.21. The molecule has 0 unspecified atom stereocenters. The lowest BCUT2D eigenvalue weighted by molar-refractivity contribution is -0.113. The van der Waals surface area contributed by atoms with Gasteiger partial charge in [-0.05, 0) is 23.4 Å². The number of aryl methyl sites for hydroxylation is 1.